The number of nitrogens with one attached hydrogen (secondary N) is 1. The van der Waals surface area contributed by atoms with E-state index in [-0.39, 0.29) is 6.04 Å². The zero-order valence-electron chi connectivity index (χ0n) is 9.45. The largest absolute Gasteiger partial charge is 0.304 e. The molecule has 1 fully saturated rings. The molecule has 3 unspecified atom stereocenters. The van der Waals surface area contributed by atoms with Gasteiger partial charge in [-0.2, -0.15) is 5.26 Å². The standard InChI is InChI=1S/C11H21N3/c1-9-4-5-10(2)14(7-9)8-11(6-12)13-3/h9-11,13H,4-5,7-8H2,1-3H3. The fourth-order valence-corrected chi connectivity index (χ4v) is 2.07. The second-order valence-corrected chi connectivity index (χ2v) is 4.46. The molecule has 80 valence electrons. The normalized spacial score (nSPS) is 31.0. The van der Waals surface area contributed by atoms with Crippen molar-refractivity contribution in [2.45, 2.75) is 38.8 Å². The number of nitriles is 1. The molecular weight excluding hydrogens is 174 g/mol. The third kappa shape index (κ3) is 2.97. The monoisotopic (exact) mass is 195 g/mol. The van der Waals surface area contributed by atoms with E-state index in [2.05, 4.69) is 30.1 Å². The molecule has 0 aromatic rings. The van der Waals surface area contributed by atoms with Crippen LogP contribution in [0.15, 0.2) is 0 Å². The van der Waals surface area contributed by atoms with Gasteiger partial charge in [-0.3, -0.25) is 4.90 Å². The number of piperidine rings is 1. The maximum absolute atomic E-state index is 8.87. The predicted molar refractivity (Wildman–Crippen MR) is 57.9 cm³/mol. The molecule has 0 aliphatic carbocycles. The third-order valence-electron chi connectivity index (χ3n) is 3.17. The zero-order chi connectivity index (χ0) is 10.6. The van der Waals surface area contributed by atoms with Gasteiger partial charge in [0.25, 0.3) is 0 Å². The average Bonchev–Trinajstić information content (AvgIpc) is 2.19. The van der Waals surface area contributed by atoms with Crippen LogP contribution in [-0.2, 0) is 0 Å². The summed E-state index contributed by atoms with van der Waals surface area (Å²) in [6.07, 6.45) is 2.59. The molecule has 1 saturated heterocycles. The van der Waals surface area contributed by atoms with Crippen molar-refractivity contribution in [2.75, 3.05) is 20.1 Å². The minimum atomic E-state index is -0.0252. The molecule has 0 spiro atoms. The first-order valence-electron chi connectivity index (χ1n) is 5.48. The number of hydrogen-bond acceptors (Lipinski definition) is 3. The van der Waals surface area contributed by atoms with Crippen LogP contribution in [0.2, 0.25) is 0 Å². The first kappa shape index (κ1) is 11.5. The Bertz CT molecular complexity index is 209. The Morgan fingerprint density at radius 2 is 2.21 bits per heavy atom. The van der Waals surface area contributed by atoms with E-state index in [1.165, 1.54) is 12.8 Å². The molecule has 1 heterocycles. The van der Waals surface area contributed by atoms with Crippen molar-refractivity contribution in [3.8, 4) is 6.07 Å². The lowest BCUT2D eigenvalue weighted by Crippen LogP contribution is -2.47. The van der Waals surface area contributed by atoms with Gasteiger partial charge in [0, 0.05) is 19.1 Å². The van der Waals surface area contributed by atoms with Crippen LogP contribution in [0.25, 0.3) is 0 Å². The van der Waals surface area contributed by atoms with Gasteiger partial charge < -0.3 is 5.32 Å². The van der Waals surface area contributed by atoms with Crippen LogP contribution in [0.1, 0.15) is 26.7 Å². The summed E-state index contributed by atoms with van der Waals surface area (Å²) < 4.78 is 0. The fraction of sp³-hybridized carbons (Fsp3) is 0.909. The highest BCUT2D eigenvalue weighted by molar-refractivity contribution is 4.93. The first-order chi connectivity index (χ1) is 6.67. The molecule has 0 bridgehead atoms. The zero-order valence-corrected chi connectivity index (χ0v) is 9.45. The van der Waals surface area contributed by atoms with Gasteiger partial charge in [0.2, 0.25) is 0 Å². The summed E-state index contributed by atoms with van der Waals surface area (Å²) in [5, 5.41) is 11.9. The van der Waals surface area contributed by atoms with Crippen LogP contribution >= 0.6 is 0 Å². The van der Waals surface area contributed by atoms with Crippen LogP contribution in [0.4, 0.5) is 0 Å². The Kier molecular flexibility index (Phi) is 4.37. The van der Waals surface area contributed by atoms with Crippen molar-refractivity contribution in [3.05, 3.63) is 0 Å². The van der Waals surface area contributed by atoms with Gasteiger partial charge in [0.05, 0.1) is 6.07 Å². The third-order valence-corrected chi connectivity index (χ3v) is 3.17. The Morgan fingerprint density at radius 3 is 2.79 bits per heavy atom. The second-order valence-electron chi connectivity index (χ2n) is 4.46. The number of likely N-dealkylation sites (tertiary alicyclic amines) is 1. The minimum absolute atomic E-state index is 0.0252. The van der Waals surface area contributed by atoms with Crippen molar-refractivity contribution in [2.24, 2.45) is 5.92 Å². The Labute approximate surface area is 87.1 Å². The number of hydrogen-bond donors (Lipinski definition) is 1. The van der Waals surface area contributed by atoms with Crippen LogP contribution in [0.5, 0.6) is 0 Å². The average molecular weight is 195 g/mol. The molecule has 3 atom stereocenters. The van der Waals surface area contributed by atoms with Crippen molar-refractivity contribution in [1.82, 2.24) is 10.2 Å². The summed E-state index contributed by atoms with van der Waals surface area (Å²) in [5.74, 6) is 0.780. The summed E-state index contributed by atoms with van der Waals surface area (Å²) in [6, 6.07) is 2.89. The summed E-state index contributed by atoms with van der Waals surface area (Å²) in [5.41, 5.74) is 0. The molecule has 14 heavy (non-hydrogen) atoms. The van der Waals surface area contributed by atoms with Crippen molar-refractivity contribution in [3.63, 3.8) is 0 Å². The molecule has 3 heteroatoms. The number of nitrogens with zero attached hydrogens (tertiary/aromatic N) is 2. The molecule has 0 amide bonds. The second kappa shape index (κ2) is 5.33. The van der Waals surface area contributed by atoms with E-state index < -0.39 is 0 Å². The Hall–Kier alpha value is -0.590. The molecule has 0 radical (unpaired) electrons. The highest BCUT2D eigenvalue weighted by Gasteiger charge is 2.24. The van der Waals surface area contributed by atoms with Crippen LogP contribution in [-0.4, -0.2) is 37.1 Å². The van der Waals surface area contributed by atoms with Gasteiger partial charge >= 0.3 is 0 Å². The topological polar surface area (TPSA) is 39.1 Å². The molecule has 1 N–H and O–H groups in total. The van der Waals surface area contributed by atoms with E-state index in [4.69, 9.17) is 5.26 Å². The maximum atomic E-state index is 8.87. The molecule has 0 saturated carbocycles. The van der Waals surface area contributed by atoms with E-state index >= 15 is 0 Å². The predicted octanol–water partition coefficient (Wildman–Crippen LogP) is 1.22. The van der Waals surface area contributed by atoms with E-state index in [1.807, 2.05) is 7.05 Å². The molecule has 0 aromatic heterocycles. The van der Waals surface area contributed by atoms with Gasteiger partial charge in [0.15, 0.2) is 0 Å². The molecule has 1 aliphatic rings. The lowest BCUT2D eigenvalue weighted by Gasteiger charge is -2.37. The van der Waals surface area contributed by atoms with Gasteiger partial charge in [-0.05, 0) is 32.7 Å². The van der Waals surface area contributed by atoms with Crippen LogP contribution in [0, 0.1) is 17.2 Å². The van der Waals surface area contributed by atoms with Gasteiger partial charge in [-0.25, -0.2) is 0 Å². The molecular formula is C11H21N3. The van der Waals surface area contributed by atoms with Crippen molar-refractivity contribution in [1.29, 1.82) is 5.26 Å². The SMILES string of the molecule is CNC(C#N)CN1CC(C)CCC1C. The minimum Gasteiger partial charge on any atom is -0.304 e. The summed E-state index contributed by atoms with van der Waals surface area (Å²) in [7, 11) is 1.85. The van der Waals surface area contributed by atoms with Gasteiger partial charge in [-0.1, -0.05) is 6.92 Å². The smallest absolute Gasteiger partial charge is 0.108 e. The van der Waals surface area contributed by atoms with E-state index in [9.17, 15) is 0 Å². The van der Waals surface area contributed by atoms with Gasteiger partial charge in [0.1, 0.15) is 6.04 Å². The Balaban J connectivity index is 2.45. The van der Waals surface area contributed by atoms with Gasteiger partial charge in [-0.15, -0.1) is 0 Å². The highest BCUT2D eigenvalue weighted by Crippen LogP contribution is 2.21. The first-order valence-corrected chi connectivity index (χ1v) is 5.48. The lowest BCUT2D eigenvalue weighted by atomic mass is 9.95. The van der Waals surface area contributed by atoms with Crippen molar-refractivity contribution < 1.29 is 0 Å². The molecule has 1 aliphatic heterocycles. The molecule has 0 aromatic carbocycles. The Morgan fingerprint density at radius 1 is 1.50 bits per heavy atom. The number of rotatable bonds is 3. The lowest BCUT2D eigenvalue weighted by molar-refractivity contribution is 0.120. The summed E-state index contributed by atoms with van der Waals surface area (Å²) >= 11 is 0. The fourth-order valence-electron chi connectivity index (χ4n) is 2.07. The van der Waals surface area contributed by atoms with Crippen molar-refractivity contribution >= 4 is 0 Å². The molecule has 1 rings (SSSR count). The maximum Gasteiger partial charge on any atom is 0.108 e. The van der Waals surface area contributed by atoms with E-state index in [0.717, 1.165) is 19.0 Å². The number of likely N-dealkylation sites (N-methyl/N-ethyl adjacent to an activating group) is 1. The van der Waals surface area contributed by atoms with E-state index in [0.29, 0.717) is 6.04 Å². The highest BCUT2D eigenvalue weighted by atomic mass is 15.2. The summed E-state index contributed by atoms with van der Waals surface area (Å²) in [6.45, 7) is 6.55. The van der Waals surface area contributed by atoms with Crippen LogP contribution in [0.3, 0.4) is 0 Å². The van der Waals surface area contributed by atoms with Crippen LogP contribution < -0.4 is 5.32 Å². The molecule has 3 nitrogen and oxygen atoms in total. The van der Waals surface area contributed by atoms with E-state index in [1.54, 1.807) is 0 Å². The quantitative estimate of drug-likeness (QED) is 0.736. The summed E-state index contributed by atoms with van der Waals surface area (Å²) in [4.78, 5) is 2.43.